The van der Waals surface area contributed by atoms with Crippen LogP contribution in [0.3, 0.4) is 0 Å². The zero-order valence-electron chi connectivity index (χ0n) is 27.6. The van der Waals surface area contributed by atoms with E-state index in [0.29, 0.717) is 31.3 Å². The summed E-state index contributed by atoms with van der Waals surface area (Å²) >= 11 is 0. The third kappa shape index (κ3) is 6.90. The first-order chi connectivity index (χ1) is 21.4. The molecule has 2 aromatic heterocycles. The van der Waals surface area contributed by atoms with Gasteiger partial charge in [0.15, 0.2) is 0 Å². The molecular formula is C35H44N4O6. The maximum absolute atomic E-state index is 12.5. The molecule has 2 amide bonds. The molecule has 10 heteroatoms. The van der Waals surface area contributed by atoms with Crippen LogP contribution in [0.1, 0.15) is 98.4 Å². The third-order valence-electron chi connectivity index (χ3n) is 9.01. The minimum absolute atomic E-state index is 0.0786. The SMILES string of the molecule is CCC1=C(C)/C(=C/c2[nH]c(Cc3[nH]c(/C=C4\NC(=O)C(C)=C4CC)c(C)c3CCC(=O)OC)c(CCC(=O)OC)c2C)NC1=O. The predicted molar refractivity (Wildman–Crippen MR) is 173 cm³/mol. The van der Waals surface area contributed by atoms with Gasteiger partial charge in [0.1, 0.15) is 0 Å². The zero-order valence-corrected chi connectivity index (χ0v) is 27.6. The summed E-state index contributed by atoms with van der Waals surface area (Å²) in [5, 5.41) is 5.97. The largest absolute Gasteiger partial charge is 0.469 e. The van der Waals surface area contributed by atoms with E-state index in [9.17, 15) is 19.2 Å². The summed E-state index contributed by atoms with van der Waals surface area (Å²) in [5.74, 6) is -0.770. The number of amides is 2. The van der Waals surface area contributed by atoms with Crippen LogP contribution < -0.4 is 10.6 Å². The fourth-order valence-electron chi connectivity index (χ4n) is 6.24. The van der Waals surface area contributed by atoms with Crippen molar-refractivity contribution < 1.29 is 28.7 Å². The van der Waals surface area contributed by atoms with Crippen molar-refractivity contribution in [3.8, 4) is 0 Å². The first kappa shape index (κ1) is 33.3. The van der Waals surface area contributed by atoms with E-state index in [4.69, 9.17) is 9.47 Å². The Hall–Kier alpha value is -4.60. The highest BCUT2D eigenvalue weighted by Crippen LogP contribution is 2.32. The number of H-pyrrole nitrogens is 2. The Morgan fingerprint density at radius 1 is 0.667 bits per heavy atom. The lowest BCUT2D eigenvalue weighted by Gasteiger charge is -2.08. The van der Waals surface area contributed by atoms with Crippen molar-refractivity contribution in [3.63, 3.8) is 0 Å². The fraction of sp³-hybridized carbons (Fsp3) is 0.429. The number of methoxy groups -OCH3 is 2. The van der Waals surface area contributed by atoms with Crippen LogP contribution in [0.4, 0.5) is 0 Å². The average Bonchev–Trinajstić information content (AvgIpc) is 3.66. The summed E-state index contributed by atoms with van der Waals surface area (Å²) in [5.41, 5.74) is 12.4. The zero-order chi connectivity index (χ0) is 33.0. The number of carbonyl (C=O) groups excluding carboxylic acids is 4. The van der Waals surface area contributed by atoms with Gasteiger partial charge in [0, 0.05) is 64.6 Å². The van der Waals surface area contributed by atoms with Gasteiger partial charge in [-0.25, -0.2) is 0 Å². The monoisotopic (exact) mass is 616 g/mol. The van der Waals surface area contributed by atoms with Gasteiger partial charge in [-0.3, -0.25) is 19.2 Å². The van der Waals surface area contributed by atoms with Gasteiger partial charge >= 0.3 is 11.9 Å². The Kier molecular flexibility index (Phi) is 10.4. The van der Waals surface area contributed by atoms with Gasteiger partial charge in [-0.1, -0.05) is 13.8 Å². The smallest absolute Gasteiger partial charge is 0.305 e. The Bertz CT molecular complexity index is 1680. The lowest BCUT2D eigenvalue weighted by molar-refractivity contribution is -0.141. The average molecular weight is 617 g/mol. The number of hydrogen-bond acceptors (Lipinski definition) is 6. The van der Waals surface area contributed by atoms with E-state index in [1.165, 1.54) is 14.2 Å². The quantitative estimate of drug-likeness (QED) is 0.243. The number of esters is 2. The molecule has 2 aliphatic rings. The second kappa shape index (κ2) is 14.0. The molecule has 0 aromatic carbocycles. The molecule has 45 heavy (non-hydrogen) atoms. The molecule has 0 aliphatic carbocycles. The number of nitrogens with one attached hydrogen (secondary N) is 4. The van der Waals surface area contributed by atoms with Gasteiger partial charge in [0.05, 0.1) is 14.2 Å². The molecule has 4 N–H and O–H groups in total. The predicted octanol–water partition coefficient (Wildman–Crippen LogP) is 5.16. The van der Waals surface area contributed by atoms with Crippen LogP contribution in [0.25, 0.3) is 12.2 Å². The second-order valence-electron chi connectivity index (χ2n) is 11.5. The highest BCUT2D eigenvalue weighted by molar-refractivity contribution is 6.01. The molecular weight excluding hydrogens is 572 g/mol. The summed E-state index contributed by atoms with van der Waals surface area (Å²) in [7, 11) is 2.76. The van der Waals surface area contributed by atoms with Crippen molar-refractivity contribution in [1.29, 1.82) is 0 Å². The van der Waals surface area contributed by atoms with Crippen molar-refractivity contribution in [2.45, 2.75) is 86.5 Å². The molecule has 0 atom stereocenters. The maximum Gasteiger partial charge on any atom is 0.305 e. The first-order valence-electron chi connectivity index (χ1n) is 15.4. The first-order valence-corrected chi connectivity index (χ1v) is 15.4. The second-order valence-corrected chi connectivity index (χ2v) is 11.5. The lowest BCUT2D eigenvalue weighted by atomic mass is 9.98. The van der Waals surface area contributed by atoms with E-state index in [2.05, 4.69) is 20.6 Å². The molecule has 0 unspecified atom stereocenters. The molecule has 0 spiro atoms. The molecule has 240 valence electrons. The lowest BCUT2D eigenvalue weighted by Crippen LogP contribution is -2.16. The topological polar surface area (TPSA) is 142 Å². The molecule has 2 aromatic rings. The Morgan fingerprint density at radius 3 is 1.58 bits per heavy atom. The molecule has 2 aliphatic heterocycles. The van der Waals surface area contributed by atoms with Gasteiger partial charge in [-0.05, 0) is 98.9 Å². The summed E-state index contributed by atoms with van der Waals surface area (Å²) in [6.45, 7) is 11.8. The van der Waals surface area contributed by atoms with E-state index in [-0.39, 0.29) is 36.6 Å². The standard InChI is InChI=1S/C35H44N4O6/c1-9-22-21(6)34(42)39-29(22)16-27-20(5)25(12-14-33(41)45-8)31(37-27)17-30-24(11-13-32(40)44-7)19(4)26(36-30)15-28-18(3)23(10-2)35(43)38-28/h15-16,36-37H,9-14,17H2,1-8H3,(H,38,43)(H,39,42)/b28-15-,29-16-. The van der Waals surface area contributed by atoms with Crippen molar-refractivity contribution >= 4 is 35.9 Å². The van der Waals surface area contributed by atoms with E-state index < -0.39 is 0 Å². The van der Waals surface area contributed by atoms with Gasteiger partial charge in [0.25, 0.3) is 11.8 Å². The molecule has 4 rings (SSSR count). The van der Waals surface area contributed by atoms with Crippen molar-refractivity contribution in [3.05, 3.63) is 78.7 Å². The molecule has 4 heterocycles. The van der Waals surface area contributed by atoms with Gasteiger partial charge < -0.3 is 30.1 Å². The minimum atomic E-state index is -0.298. The normalized spacial score (nSPS) is 16.7. The van der Waals surface area contributed by atoms with Crippen molar-refractivity contribution in [2.75, 3.05) is 14.2 Å². The summed E-state index contributed by atoms with van der Waals surface area (Å²) < 4.78 is 9.86. The summed E-state index contributed by atoms with van der Waals surface area (Å²) in [6.07, 6.45) is 7.13. The Morgan fingerprint density at radius 2 is 1.13 bits per heavy atom. The highest BCUT2D eigenvalue weighted by atomic mass is 16.5. The van der Waals surface area contributed by atoms with E-state index in [1.807, 2.05) is 53.7 Å². The van der Waals surface area contributed by atoms with Crippen LogP contribution >= 0.6 is 0 Å². The van der Waals surface area contributed by atoms with Gasteiger partial charge in [-0.2, -0.15) is 0 Å². The fourth-order valence-corrected chi connectivity index (χ4v) is 6.24. The number of carbonyl (C=O) groups is 4. The van der Waals surface area contributed by atoms with Crippen LogP contribution in [0.2, 0.25) is 0 Å². The molecule has 10 nitrogen and oxygen atoms in total. The molecule has 0 saturated carbocycles. The molecule has 0 fully saturated rings. The van der Waals surface area contributed by atoms with Gasteiger partial charge in [-0.15, -0.1) is 0 Å². The van der Waals surface area contributed by atoms with Crippen LogP contribution in [0, 0.1) is 13.8 Å². The van der Waals surface area contributed by atoms with E-state index in [1.54, 1.807) is 0 Å². The Balaban J connectivity index is 1.80. The summed E-state index contributed by atoms with van der Waals surface area (Å²) in [6, 6.07) is 0. The van der Waals surface area contributed by atoms with Crippen LogP contribution in [0.15, 0.2) is 33.7 Å². The third-order valence-corrected chi connectivity index (χ3v) is 9.01. The van der Waals surface area contributed by atoms with Crippen molar-refractivity contribution in [1.82, 2.24) is 20.6 Å². The number of aromatic amines is 2. The number of hydrogen-bond donors (Lipinski definition) is 4. The summed E-state index contributed by atoms with van der Waals surface area (Å²) in [4.78, 5) is 56.4. The molecule has 0 radical (unpaired) electrons. The van der Waals surface area contributed by atoms with Gasteiger partial charge in [0.2, 0.25) is 0 Å². The van der Waals surface area contributed by atoms with Crippen LogP contribution in [-0.2, 0) is 47.9 Å². The van der Waals surface area contributed by atoms with Crippen LogP contribution in [0.5, 0.6) is 0 Å². The van der Waals surface area contributed by atoms with Crippen LogP contribution in [-0.4, -0.2) is 47.9 Å². The van der Waals surface area contributed by atoms with E-state index >= 15 is 0 Å². The number of allylic oxidation sites excluding steroid dienone is 2. The number of ether oxygens (including phenoxy) is 2. The minimum Gasteiger partial charge on any atom is -0.469 e. The van der Waals surface area contributed by atoms with E-state index in [0.717, 1.165) is 79.6 Å². The van der Waals surface area contributed by atoms with Crippen molar-refractivity contribution in [2.24, 2.45) is 0 Å². The molecule has 0 bridgehead atoms. The Labute approximate surface area is 264 Å². The number of aromatic nitrogens is 2. The maximum atomic E-state index is 12.5. The number of rotatable bonds is 12. The molecule has 0 saturated heterocycles. The highest BCUT2D eigenvalue weighted by Gasteiger charge is 2.26.